The molecule has 0 heterocycles. The maximum atomic E-state index is 12.5. The Bertz CT molecular complexity index is 990. The van der Waals surface area contributed by atoms with Gasteiger partial charge in [0.15, 0.2) is 0 Å². The largest absolute Gasteiger partial charge is 0.495 e. The van der Waals surface area contributed by atoms with E-state index in [0.29, 0.717) is 11.4 Å². The minimum Gasteiger partial charge on any atom is -0.495 e. The fourth-order valence-electron chi connectivity index (χ4n) is 2.44. The monoisotopic (exact) mass is 421 g/mol. The van der Waals surface area contributed by atoms with Crippen LogP contribution < -0.4 is 19.7 Å². The Labute approximate surface area is 169 Å². The van der Waals surface area contributed by atoms with Crippen molar-refractivity contribution in [2.75, 3.05) is 38.0 Å². The molecule has 0 spiro atoms. The number of carbonyl (C=O) groups is 2. The van der Waals surface area contributed by atoms with Crippen molar-refractivity contribution in [1.29, 1.82) is 0 Å². The van der Waals surface area contributed by atoms with E-state index in [0.717, 1.165) is 0 Å². The number of carbonyl (C=O) groups excluding carboxylic acids is 2. The van der Waals surface area contributed by atoms with Crippen molar-refractivity contribution in [1.82, 2.24) is 4.72 Å². The normalized spacial score (nSPS) is 10.9. The maximum Gasteiger partial charge on any atom is 0.413 e. The molecule has 2 aromatic carbocycles. The van der Waals surface area contributed by atoms with Gasteiger partial charge in [-0.1, -0.05) is 0 Å². The van der Waals surface area contributed by atoms with Crippen molar-refractivity contribution < 1.29 is 27.5 Å². The topological polar surface area (TPSA) is 114 Å². The number of anilines is 2. The summed E-state index contributed by atoms with van der Waals surface area (Å²) >= 11 is 0. The van der Waals surface area contributed by atoms with Crippen LogP contribution in [0.1, 0.15) is 17.3 Å². The molecule has 2 aromatic rings. The van der Waals surface area contributed by atoms with Gasteiger partial charge in [-0.05, 0) is 56.4 Å². The van der Waals surface area contributed by atoms with Gasteiger partial charge in [-0.3, -0.25) is 9.69 Å². The standard InChI is InChI=1S/C19H23N3O6S/c1-5-28-19(24)22(3)15-9-7-14(8-10-15)21-18(23)13-6-11-16(27-4)17(12-13)29(25,26)20-2/h6-12,20H,5H2,1-4H3,(H,21,23). The highest BCUT2D eigenvalue weighted by molar-refractivity contribution is 7.89. The van der Waals surface area contributed by atoms with Crippen LogP contribution in [0.25, 0.3) is 0 Å². The summed E-state index contributed by atoms with van der Waals surface area (Å²) in [4.78, 5) is 25.5. The van der Waals surface area contributed by atoms with E-state index in [2.05, 4.69) is 10.0 Å². The van der Waals surface area contributed by atoms with Crippen LogP contribution in [0.2, 0.25) is 0 Å². The van der Waals surface area contributed by atoms with E-state index >= 15 is 0 Å². The molecule has 29 heavy (non-hydrogen) atoms. The van der Waals surface area contributed by atoms with Crippen molar-refractivity contribution in [3.05, 3.63) is 48.0 Å². The lowest BCUT2D eigenvalue weighted by Gasteiger charge is -2.17. The number of amides is 2. The summed E-state index contributed by atoms with van der Waals surface area (Å²) in [6.07, 6.45) is -0.485. The molecule has 10 heteroatoms. The zero-order chi connectivity index (χ0) is 21.6. The summed E-state index contributed by atoms with van der Waals surface area (Å²) < 4.78 is 36.5. The molecule has 0 saturated carbocycles. The molecule has 0 bridgehead atoms. The number of nitrogens with one attached hydrogen (secondary N) is 2. The third-order valence-electron chi connectivity index (χ3n) is 4.04. The summed E-state index contributed by atoms with van der Waals surface area (Å²) in [5.74, 6) is -0.367. The van der Waals surface area contributed by atoms with Gasteiger partial charge in [0, 0.05) is 24.0 Å². The lowest BCUT2D eigenvalue weighted by molar-refractivity contribution is 0.102. The number of rotatable bonds is 7. The summed E-state index contributed by atoms with van der Waals surface area (Å²) in [6.45, 7) is 1.99. The number of benzene rings is 2. The molecule has 0 aliphatic rings. The predicted octanol–water partition coefficient (Wildman–Crippen LogP) is 2.45. The predicted molar refractivity (Wildman–Crippen MR) is 109 cm³/mol. The molecule has 0 atom stereocenters. The van der Waals surface area contributed by atoms with Crippen LogP contribution in [0.3, 0.4) is 0 Å². The van der Waals surface area contributed by atoms with Gasteiger partial charge in [0.25, 0.3) is 5.91 Å². The van der Waals surface area contributed by atoms with Crippen LogP contribution in [-0.4, -0.2) is 48.2 Å². The minimum atomic E-state index is -3.80. The molecular weight excluding hydrogens is 398 g/mol. The van der Waals surface area contributed by atoms with E-state index in [1.54, 1.807) is 38.2 Å². The first-order valence-electron chi connectivity index (χ1n) is 8.67. The molecular formula is C19H23N3O6S. The number of ether oxygens (including phenoxy) is 2. The lowest BCUT2D eigenvalue weighted by Crippen LogP contribution is -2.26. The summed E-state index contributed by atoms with van der Waals surface area (Å²) in [7, 11) is 0.394. The average Bonchev–Trinajstić information content (AvgIpc) is 2.73. The van der Waals surface area contributed by atoms with Crippen LogP contribution in [0.5, 0.6) is 5.75 Å². The third kappa shape index (κ3) is 5.24. The molecule has 0 fully saturated rings. The average molecular weight is 421 g/mol. The van der Waals surface area contributed by atoms with Gasteiger partial charge in [-0.15, -0.1) is 0 Å². The quantitative estimate of drug-likeness (QED) is 0.710. The van der Waals surface area contributed by atoms with E-state index in [4.69, 9.17) is 9.47 Å². The number of hydrogen-bond donors (Lipinski definition) is 2. The van der Waals surface area contributed by atoms with Crippen molar-refractivity contribution in [3.63, 3.8) is 0 Å². The first-order valence-corrected chi connectivity index (χ1v) is 10.1. The Balaban J connectivity index is 2.20. The van der Waals surface area contributed by atoms with Gasteiger partial charge in [0.05, 0.1) is 13.7 Å². The molecule has 0 aliphatic carbocycles. The lowest BCUT2D eigenvalue weighted by atomic mass is 10.2. The molecule has 2 rings (SSSR count). The number of hydrogen-bond acceptors (Lipinski definition) is 6. The highest BCUT2D eigenvalue weighted by Gasteiger charge is 2.20. The van der Waals surface area contributed by atoms with Gasteiger partial charge in [-0.25, -0.2) is 17.9 Å². The van der Waals surface area contributed by atoms with E-state index < -0.39 is 22.0 Å². The summed E-state index contributed by atoms with van der Waals surface area (Å²) in [6, 6.07) is 10.7. The smallest absolute Gasteiger partial charge is 0.413 e. The van der Waals surface area contributed by atoms with Crippen molar-refractivity contribution in [3.8, 4) is 5.75 Å². The highest BCUT2D eigenvalue weighted by Crippen LogP contribution is 2.25. The molecule has 0 aliphatic heterocycles. The second kappa shape index (κ2) is 9.39. The molecule has 9 nitrogen and oxygen atoms in total. The van der Waals surface area contributed by atoms with Crippen molar-refractivity contribution >= 4 is 33.4 Å². The highest BCUT2D eigenvalue weighted by atomic mass is 32.2. The zero-order valence-electron chi connectivity index (χ0n) is 16.6. The second-order valence-corrected chi connectivity index (χ2v) is 7.69. The zero-order valence-corrected chi connectivity index (χ0v) is 17.4. The van der Waals surface area contributed by atoms with E-state index in [1.165, 1.54) is 37.3 Å². The first kappa shape index (κ1) is 22.2. The fraction of sp³-hybridized carbons (Fsp3) is 0.263. The molecule has 2 amide bonds. The molecule has 2 N–H and O–H groups in total. The Morgan fingerprint density at radius 2 is 1.76 bits per heavy atom. The van der Waals surface area contributed by atoms with E-state index in [9.17, 15) is 18.0 Å². The molecule has 156 valence electrons. The van der Waals surface area contributed by atoms with Gasteiger partial charge >= 0.3 is 6.09 Å². The number of methoxy groups -OCH3 is 1. The summed E-state index contributed by atoms with van der Waals surface area (Å²) in [5, 5.41) is 2.68. The third-order valence-corrected chi connectivity index (χ3v) is 5.47. The van der Waals surface area contributed by atoms with Crippen LogP contribution in [0.15, 0.2) is 47.4 Å². The Morgan fingerprint density at radius 1 is 1.10 bits per heavy atom. The number of nitrogens with zero attached hydrogens (tertiary/aromatic N) is 1. The maximum absolute atomic E-state index is 12.5. The van der Waals surface area contributed by atoms with Gasteiger partial charge < -0.3 is 14.8 Å². The Morgan fingerprint density at radius 3 is 2.31 bits per heavy atom. The van der Waals surface area contributed by atoms with E-state index in [1.807, 2.05) is 0 Å². The van der Waals surface area contributed by atoms with Crippen LogP contribution >= 0.6 is 0 Å². The van der Waals surface area contributed by atoms with Crippen LogP contribution in [0, 0.1) is 0 Å². The minimum absolute atomic E-state index is 0.127. The molecule has 0 aromatic heterocycles. The first-order chi connectivity index (χ1) is 13.7. The summed E-state index contributed by atoms with van der Waals surface area (Å²) in [5.41, 5.74) is 1.21. The second-order valence-electron chi connectivity index (χ2n) is 5.83. The molecule has 0 radical (unpaired) electrons. The van der Waals surface area contributed by atoms with Gasteiger partial charge in [0.2, 0.25) is 10.0 Å². The SMILES string of the molecule is CCOC(=O)N(C)c1ccc(NC(=O)c2ccc(OC)c(S(=O)(=O)NC)c2)cc1. The number of sulfonamides is 1. The van der Waals surface area contributed by atoms with E-state index in [-0.39, 0.29) is 22.8 Å². The van der Waals surface area contributed by atoms with Crippen LogP contribution in [-0.2, 0) is 14.8 Å². The molecule has 0 saturated heterocycles. The van der Waals surface area contributed by atoms with Crippen molar-refractivity contribution in [2.24, 2.45) is 0 Å². The van der Waals surface area contributed by atoms with Crippen LogP contribution in [0.4, 0.5) is 16.2 Å². The molecule has 0 unspecified atom stereocenters. The van der Waals surface area contributed by atoms with Gasteiger partial charge in [0.1, 0.15) is 10.6 Å². The Hall–Kier alpha value is -3.11. The van der Waals surface area contributed by atoms with Gasteiger partial charge in [-0.2, -0.15) is 0 Å². The Kier molecular flexibility index (Phi) is 7.18. The fourth-order valence-corrected chi connectivity index (χ4v) is 3.35. The van der Waals surface area contributed by atoms with Crippen molar-refractivity contribution in [2.45, 2.75) is 11.8 Å².